The molecule has 1 atom stereocenters. The van der Waals surface area contributed by atoms with Crippen molar-refractivity contribution in [1.29, 1.82) is 0 Å². The fourth-order valence-electron chi connectivity index (χ4n) is 3.36. The maximum absolute atomic E-state index is 13.3. The van der Waals surface area contributed by atoms with Crippen molar-refractivity contribution < 1.29 is 13.2 Å². The maximum Gasteiger partial charge on any atom is 0.243 e. The third-order valence-corrected chi connectivity index (χ3v) is 8.11. The molecule has 0 radical (unpaired) electrons. The number of halogens is 1. The summed E-state index contributed by atoms with van der Waals surface area (Å²) in [5.74, 6) is -0.359. The van der Waals surface area contributed by atoms with Crippen molar-refractivity contribution in [2.45, 2.75) is 29.2 Å². The quantitative estimate of drug-likeness (QED) is 0.388. The number of rotatable bonds is 10. The lowest BCUT2D eigenvalue weighted by atomic mass is 10.1. The molecule has 0 bridgehead atoms. The number of amides is 1. The topological polar surface area (TPSA) is 66.5 Å². The van der Waals surface area contributed by atoms with Crippen LogP contribution in [0.2, 0.25) is 5.02 Å². The van der Waals surface area contributed by atoms with Gasteiger partial charge in [-0.25, -0.2) is 8.42 Å². The minimum absolute atomic E-state index is 0.105. The molecule has 0 aromatic heterocycles. The first-order chi connectivity index (χ1) is 15.8. The summed E-state index contributed by atoms with van der Waals surface area (Å²) in [6, 6.07) is 23.3. The van der Waals surface area contributed by atoms with Gasteiger partial charge in [-0.1, -0.05) is 54.1 Å². The number of benzene rings is 3. The molecule has 33 heavy (non-hydrogen) atoms. The van der Waals surface area contributed by atoms with Gasteiger partial charge in [0.15, 0.2) is 0 Å². The van der Waals surface area contributed by atoms with E-state index >= 15 is 0 Å². The average molecular weight is 503 g/mol. The first-order valence-corrected chi connectivity index (χ1v) is 13.6. The van der Waals surface area contributed by atoms with Gasteiger partial charge < -0.3 is 5.32 Å². The Kier molecular flexibility index (Phi) is 8.97. The second kappa shape index (κ2) is 11.7. The number of carbonyl (C=O) groups is 1. The first-order valence-electron chi connectivity index (χ1n) is 10.5. The largest absolute Gasteiger partial charge is 0.348 e. The molecular formula is C25H27ClN2O3S2. The predicted octanol–water partition coefficient (Wildman–Crippen LogP) is 5.17. The molecule has 8 heteroatoms. The summed E-state index contributed by atoms with van der Waals surface area (Å²) < 4.78 is 27.9. The maximum atomic E-state index is 13.3. The summed E-state index contributed by atoms with van der Waals surface area (Å²) >= 11 is 7.58. The van der Waals surface area contributed by atoms with Gasteiger partial charge >= 0.3 is 0 Å². The van der Waals surface area contributed by atoms with Crippen LogP contribution in [-0.4, -0.2) is 38.0 Å². The molecule has 0 spiro atoms. The van der Waals surface area contributed by atoms with E-state index in [2.05, 4.69) is 5.32 Å². The molecule has 3 aromatic rings. The lowest BCUT2D eigenvalue weighted by Crippen LogP contribution is -2.42. The zero-order chi connectivity index (χ0) is 23.8. The molecule has 174 valence electrons. The van der Waals surface area contributed by atoms with E-state index in [-0.39, 0.29) is 29.9 Å². The summed E-state index contributed by atoms with van der Waals surface area (Å²) in [5, 5.41) is 3.37. The first kappa shape index (κ1) is 25.3. The Balaban J connectivity index is 1.75. The number of nitrogens with one attached hydrogen (secondary N) is 1. The van der Waals surface area contributed by atoms with Crippen LogP contribution in [0.25, 0.3) is 0 Å². The Bertz CT molecular complexity index is 1150. The zero-order valence-electron chi connectivity index (χ0n) is 18.6. The predicted molar refractivity (Wildman–Crippen MR) is 135 cm³/mol. The Morgan fingerprint density at radius 3 is 2.24 bits per heavy atom. The average Bonchev–Trinajstić information content (AvgIpc) is 2.82. The van der Waals surface area contributed by atoms with E-state index in [0.29, 0.717) is 11.4 Å². The van der Waals surface area contributed by atoms with Gasteiger partial charge in [-0.05, 0) is 67.1 Å². The number of carbonyl (C=O) groups excluding carboxylic acids is 1. The SMILES string of the molecule is CSc1ccc([C@@H](C)NC(=O)CN(CCc2ccccc2)S(=O)(=O)c2ccc(Cl)cc2)cc1. The third-order valence-electron chi connectivity index (χ3n) is 5.26. The van der Waals surface area contributed by atoms with Crippen molar-refractivity contribution in [1.82, 2.24) is 9.62 Å². The van der Waals surface area contributed by atoms with Crippen molar-refractivity contribution in [2.75, 3.05) is 19.3 Å². The highest BCUT2D eigenvalue weighted by atomic mass is 35.5. The summed E-state index contributed by atoms with van der Waals surface area (Å²) in [6.07, 6.45) is 2.50. The summed E-state index contributed by atoms with van der Waals surface area (Å²) in [7, 11) is -3.88. The lowest BCUT2D eigenvalue weighted by molar-refractivity contribution is -0.121. The van der Waals surface area contributed by atoms with Gasteiger partial charge in [0.1, 0.15) is 0 Å². The molecule has 0 aliphatic carbocycles. The Morgan fingerprint density at radius 2 is 1.64 bits per heavy atom. The molecule has 1 N–H and O–H groups in total. The minimum Gasteiger partial charge on any atom is -0.348 e. The molecule has 1 amide bonds. The molecule has 5 nitrogen and oxygen atoms in total. The van der Waals surface area contributed by atoms with Crippen LogP contribution >= 0.6 is 23.4 Å². The normalized spacial score (nSPS) is 12.5. The van der Waals surface area contributed by atoms with Crippen molar-refractivity contribution in [2.24, 2.45) is 0 Å². The monoisotopic (exact) mass is 502 g/mol. The highest BCUT2D eigenvalue weighted by molar-refractivity contribution is 7.98. The van der Waals surface area contributed by atoms with E-state index in [0.717, 1.165) is 16.0 Å². The molecule has 0 fully saturated rings. The third kappa shape index (κ3) is 7.08. The van der Waals surface area contributed by atoms with E-state index in [1.165, 1.54) is 28.6 Å². The van der Waals surface area contributed by atoms with Crippen molar-refractivity contribution in [3.05, 3.63) is 95.0 Å². The number of hydrogen-bond donors (Lipinski definition) is 1. The highest BCUT2D eigenvalue weighted by Crippen LogP contribution is 2.21. The number of sulfonamides is 1. The molecule has 0 saturated carbocycles. The van der Waals surface area contributed by atoms with Crippen LogP contribution in [0, 0.1) is 0 Å². The summed E-state index contributed by atoms with van der Waals surface area (Å²) in [6.45, 7) is 1.79. The van der Waals surface area contributed by atoms with Crippen LogP contribution in [0.1, 0.15) is 24.1 Å². The van der Waals surface area contributed by atoms with Gasteiger partial charge in [-0.3, -0.25) is 4.79 Å². The molecular weight excluding hydrogens is 476 g/mol. The molecule has 3 aromatic carbocycles. The van der Waals surface area contributed by atoms with Gasteiger partial charge in [-0.2, -0.15) is 4.31 Å². The standard InChI is InChI=1S/C25H27ClN2O3S2/c1-19(21-8-12-23(32-2)13-9-21)27-25(29)18-28(17-16-20-6-4-3-5-7-20)33(30,31)24-14-10-22(26)11-15-24/h3-15,19H,16-18H2,1-2H3,(H,27,29)/t19-/m1/s1. The Morgan fingerprint density at radius 1 is 1.00 bits per heavy atom. The van der Waals surface area contributed by atoms with Gasteiger partial charge in [0.05, 0.1) is 17.5 Å². The van der Waals surface area contributed by atoms with Gasteiger partial charge in [-0.15, -0.1) is 11.8 Å². The lowest BCUT2D eigenvalue weighted by Gasteiger charge is -2.23. The molecule has 0 heterocycles. The van der Waals surface area contributed by atoms with Gasteiger partial charge in [0.2, 0.25) is 15.9 Å². The van der Waals surface area contributed by atoms with Crippen molar-refractivity contribution >= 4 is 39.3 Å². The number of hydrogen-bond acceptors (Lipinski definition) is 4. The molecule has 0 aliphatic heterocycles. The van der Waals surface area contributed by atoms with Crippen LogP contribution in [0.15, 0.2) is 88.7 Å². The summed E-state index contributed by atoms with van der Waals surface area (Å²) in [5.41, 5.74) is 1.95. The van der Waals surface area contributed by atoms with Gasteiger partial charge in [0, 0.05) is 16.5 Å². The van der Waals surface area contributed by atoms with Gasteiger partial charge in [0.25, 0.3) is 0 Å². The van der Waals surface area contributed by atoms with Crippen LogP contribution < -0.4 is 5.32 Å². The minimum atomic E-state index is -3.88. The van der Waals surface area contributed by atoms with Crippen LogP contribution in [0.4, 0.5) is 0 Å². The van der Waals surface area contributed by atoms with E-state index in [4.69, 9.17) is 11.6 Å². The Labute approximate surface area is 205 Å². The van der Waals surface area contributed by atoms with E-state index in [1.807, 2.05) is 67.8 Å². The van der Waals surface area contributed by atoms with E-state index in [1.54, 1.807) is 11.8 Å². The van der Waals surface area contributed by atoms with E-state index in [9.17, 15) is 13.2 Å². The van der Waals surface area contributed by atoms with Crippen molar-refractivity contribution in [3.63, 3.8) is 0 Å². The smallest absolute Gasteiger partial charge is 0.243 e. The van der Waals surface area contributed by atoms with Crippen LogP contribution in [0.5, 0.6) is 0 Å². The molecule has 0 saturated heterocycles. The second-order valence-electron chi connectivity index (χ2n) is 7.59. The van der Waals surface area contributed by atoms with E-state index < -0.39 is 10.0 Å². The van der Waals surface area contributed by atoms with Crippen molar-refractivity contribution in [3.8, 4) is 0 Å². The molecule has 0 aliphatic rings. The number of nitrogens with zero attached hydrogens (tertiary/aromatic N) is 1. The fraction of sp³-hybridized carbons (Fsp3) is 0.240. The molecule has 3 rings (SSSR count). The summed E-state index contributed by atoms with van der Waals surface area (Å²) in [4.78, 5) is 14.1. The highest BCUT2D eigenvalue weighted by Gasteiger charge is 2.27. The molecule has 0 unspecified atom stereocenters. The zero-order valence-corrected chi connectivity index (χ0v) is 21.0. The fourth-order valence-corrected chi connectivity index (χ4v) is 5.29. The Hall–Kier alpha value is -2.32. The number of thioether (sulfide) groups is 1. The second-order valence-corrected chi connectivity index (χ2v) is 10.8. The van der Waals surface area contributed by atoms with Crippen LogP contribution in [-0.2, 0) is 21.2 Å². The van der Waals surface area contributed by atoms with Crippen LogP contribution in [0.3, 0.4) is 0 Å².